The van der Waals surface area contributed by atoms with Crippen molar-refractivity contribution in [2.45, 2.75) is 37.3 Å². The summed E-state index contributed by atoms with van der Waals surface area (Å²) in [5.74, 6) is -5.48. The molecule has 1 N–H and O–H groups in total. The van der Waals surface area contributed by atoms with Crippen LogP contribution in [0.4, 0.5) is 46.5 Å². The van der Waals surface area contributed by atoms with Crippen LogP contribution in [0, 0.1) is 25.1 Å². The number of hydrogen-bond donors (Lipinski definition) is 1. The number of anilines is 2. The number of methoxy groups -OCH3 is 1. The minimum Gasteiger partial charge on any atom is -0.467 e. The monoisotopic (exact) mass is 747 g/mol. The van der Waals surface area contributed by atoms with Gasteiger partial charge in [-0.05, 0) is 47.2 Å². The molecule has 0 unspecified atom stereocenters. The molecule has 0 aromatic heterocycles. The zero-order chi connectivity index (χ0) is 37.7. The molecule has 8 nitrogen and oxygen atoms in total. The van der Waals surface area contributed by atoms with Gasteiger partial charge in [-0.1, -0.05) is 24.3 Å². The Labute approximate surface area is 313 Å². The molecule has 1 aliphatic rings. The molecule has 53 heavy (non-hydrogen) atoms. The molecular formula is C36H34F8LiN3O5-2. The SMILES string of the molecule is COC(=O)[C@H](Cc1cccc(C/C([C-]=O)=C(/c2[c-]ccc(N(C)C)c2)C(F)(F)F)c1)NC(=O)c1c(F)cc(N2CCOC[C@@H]2C(F)(F)F)cc1F.[CH3-].[Li+]. The summed E-state index contributed by atoms with van der Waals surface area (Å²) in [7, 11) is 4.23. The number of benzene rings is 3. The third kappa shape index (κ3) is 11.1. The van der Waals surface area contributed by atoms with Gasteiger partial charge in [0.25, 0.3) is 5.91 Å². The normalized spacial score (nSPS) is 15.6. The number of amides is 1. The topological polar surface area (TPSA) is 88.2 Å². The van der Waals surface area contributed by atoms with Gasteiger partial charge in [0.1, 0.15) is 29.3 Å². The van der Waals surface area contributed by atoms with E-state index in [1.54, 1.807) is 19.0 Å². The molecule has 1 aliphatic heterocycles. The van der Waals surface area contributed by atoms with E-state index in [1.165, 1.54) is 48.8 Å². The Morgan fingerprint density at radius 1 is 1.06 bits per heavy atom. The first kappa shape index (κ1) is 44.8. The standard InChI is InChI=1S/C35H31F8N3O5.CH3.Li/c1-45(2)24-9-5-8-22(15-24)31(35(41,42)43)23(18-47)13-20-6-4-7-21(12-20)14-28(33(49)50-3)44-32(48)30-26(36)16-25(17-27(30)37)46-10-11-51-19-29(46)34(38,39)40;;/h4-7,9,12,15-17,28-29H,10-11,13-14,19H2,1-3H3,(H,44,48);1H3;/q-2;-1;+1/b31-23+;;/t28-,29+;;/m0../s1. The molecule has 3 aromatic rings. The Morgan fingerprint density at radius 2 is 1.70 bits per heavy atom. The third-order valence-electron chi connectivity index (χ3n) is 7.97. The van der Waals surface area contributed by atoms with E-state index in [1.807, 2.05) is 0 Å². The van der Waals surface area contributed by atoms with E-state index >= 15 is 8.78 Å². The summed E-state index contributed by atoms with van der Waals surface area (Å²) in [6, 6.07) is 9.60. The number of carbonyl (C=O) groups excluding carboxylic acids is 3. The number of rotatable bonds is 11. The minimum absolute atomic E-state index is 0. The Balaban J connectivity index is 0.00000486. The molecule has 1 heterocycles. The number of carbonyl (C=O) groups is 2. The molecule has 3 aromatic carbocycles. The van der Waals surface area contributed by atoms with Crippen molar-refractivity contribution in [1.82, 2.24) is 5.32 Å². The number of nitrogens with one attached hydrogen (secondary N) is 1. The fourth-order valence-electron chi connectivity index (χ4n) is 5.54. The van der Waals surface area contributed by atoms with Crippen LogP contribution in [0.25, 0.3) is 5.57 Å². The molecule has 0 spiro atoms. The average Bonchev–Trinajstić information content (AvgIpc) is 3.06. The fourth-order valence-corrected chi connectivity index (χ4v) is 5.54. The van der Waals surface area contributed by atoms with Gasteiger partial charge in [-0.25, -0.2) is 13.6 Å². The molecule has 282 valence electrons. The average molecular weight is 748 g/mol. The smallest absolute Gasteiger partial charge is 0.467 e. The summed E-state index contributed by atoms with van der Waals surface area (Å²) >= 11 is 0. The van der Waals surface area contributed by atoms with Gasteiger partial charge in [-0.2, -0.15) is 26.3 Å². The predicted octanol–water partition coefficient (Wildman–Crippen LogP) is 3.24. The molecule has 1 amide bonds. The maximum atomic E-state index is 15.2. The summed E-state index contributed by atoms with van der Waals surface area (Å²) in [6.45, 7) is -1.24. The molecule has 0 radical (unpaired) electrons. The van der Waals surface area contributed by atoms with Crippen LogP contribution < -0.4 is 34.0 Å². The number of hydrogen-bond acceptors (Lipinski definition) is 7. The summed E-state index contributed by atoms with van der Waals surface area (Å²) in [5, 5.41) is 2.16. The van der Waals surface area contributed by atoms with Crippen molar-refractivity contribution < 1.29 is 77.8 Å². The number of nitrogens with zero attached hydrogens (tertiary/aromatic N) is 2. The Morgan fingerprint density at radius 3 is 2.26 bits per heavy atom. The number of ether oxygens (including phenoxy) is 2. The first-order chi connectivity index (χ1) is 23.9. The zero-order valence-electron chi connectivity index (χ0n) is 29.3. The number of halogens is 8. The molecule has 2 atom stereocenters. The second-order valence-corrected chi connectivity index (χ2v) is 11.7. The van der Waals surface area contributed by atoms with Gasteiger partial charge >= 0.3 is 37.2 Å². The van der Waals surface area contributed by atoms with Gasteiger partial charge in [0.2, 0.25) is 0 Å². The van der Waals surface area contributed by atoms with Crippen molar-refractivity contribution >= 4 is 35.1 Å². The molecule has 4 rings (SSSR count). The number of alkyl halides is 6. The van der Waals surface area contributed by atoms with Crippen molar-refractivity contribution in [2.75, 3.05) is 50.8 Å². The van der Waals surface area contributed by atoms with E-state index in [9.17, 15) is 40.7 Å². The summed E-state index contributed by atoms with van der Waals surface area (Å²) in [5.41, 5.74) is -3.13. The van der Waals surface area contributed by atoms with E-state index in [0.717, 1.165) is 7.11 Å². The van der Waals surface area contributed by atoms with Crippen LogP contribution in [0.3, 0.4) is 0 Å². The molecule has 1 saturated heterocycles. The third-order valence-corrected chi connectivity index (χ3v) is 7.97. The van der Waals surface area contributed by atoms with Crippen LogP contribution in [-0.2, 0) is 31.9 Å². The summed E-state index contributed by atoms with van der Waals surface area (Å²) in [4.78, 5) is 39.9. The van der Waals surface area contributed by atoms with E-state index in [4.69, 9.17) is 9.47 Å². The molecule has 17 heteroatoms. The van der Waals surface area contributed by atoms with Crippen LogP contribution >= 0.6 is 0 Å². The van der Waals surface area contributed by atoms with Crippen LogP contribution in [0.1, 0.15) is 27.0 Å². The minimum atomic E-state index is -4.96. The van der Waals surface area contributed by atoms with Crippen molar-refractivity contribution in [1.29, 1.82) is 0 Å². The number of esters is 1. The predicted molar refractivity (Wildman–Crippen MR) is 176 cm³/mol. The Hall–Kier alpha value is -4.39. The van der Waals surface area contributed by atoms with Gasteiger partial charge in [0.05, 0.1) is 20.3 Å². The first-order valence-electron chi connectivity index (χ1n) is 15.2. The van der Waals surface area contributed by atoms with E-state index < -0.39 is 83.4 Å². The maximum Gasteiger partial charge on any atom is 1.00 e. The van der Waals surface area contributed by atoms with Crippen molar-refractivity contribution in [3.05, 3.63) is 108 Å². The molecular weight excluding hydrogens is 713 g/mol. The van der Waals surface area contributed by atoms with Crippen LogP contribution in [0.15, 0.2) is 60.2 Å². The van der Waals surface area contributed by atoms with E-state index in [0.29, 0.717) is 22.7 Å². The second-order valence-electron chi connectivity index (χ2n) is 11.7. The number of morpholine rings is 1. The summed E-state index contributed by atoms with van der Waals surface area (Å²) in [6.07, 6.45) is -9.26. The van der Waals surface area contributed by atoms with Gasteiger partial charge < -0.3 is 36.8 Å². The largest absolute Gasteiger partial charge is 1.00 e. The van der Waals surface area contributed by atoms with Gasteiger partial charge in [-0.15, -0.1) is 35.4 Å². The van der Waals surface area contributed by atoms with E-state index in [2.05, 4.69) is 11.4 Å². The van der Waals surface area contributed by atoms with Gasteiger partial charge in [0, 0.05) is 32.7 Å². The molecule has 1 fully saturated rings. The van der Waals surface area contributed by atoms with E-state index in [-0.39, 0.29) is 62.6 Å². The van der Waals surface area contributed by atoms with Gasteiger partial charge in [0.15, 0.2) is 0 Å². The number of allylic oxidation sites excluding steroid dienone is 2. The van der Waals surface area contributed by atoms with Crippen molar-refractivity contribution in [2.24, 2.45) is 0 Å². The Bertz CT molecular complexity index is 1780. The molecule has 0 aliphatic carbocycles. The fraction of sp³-hybridized carbons (Fsp3) is 0.333. The zero-order valence-corrected chi connectivity index (χ0v) is 29.3. The Kier molecular flexibility index (Phi) is 15.7. The maximum absolute atomic E-state index is 15.2. The van der Waals surface area contributed by atoms with Crippen molar-refractivity contribution in [3.8, 4) is 0 Å². The van der Waals surface area contributed by atoms with Crippen LogP contribution in [-0.4, -0.2) is 83.6 Å². The van der Waals surface area contributed by atoms with Crippen molar-refractivity contribution in [3.63, 3.8) is 0 Å². The van der Waals surface area contributed by atoms with Crippen LogP contribution in [0.2, 0.25) is 0 Å². The van der Waals surface area contributed by atoms with Crippen LogP contribution in [0.5, 0.6) is 0 Å². The molecule has 0 saturated carbocycles. The summed E-state index contributed by atoms with van der Waals surface area (Å²) < 4.78 is 123. The molecule has 0 bridgehead atoms. The quantitative estimate of drug-likeness (QED) is 0.106. The first-order valence-corrected chi connectivity index (χ1v) is 15.2. The second kappa shape index (κ2) is 18.6. The van der Waals surface area contributed by atoms with Gasteiger partial charge in [-0.3, -0.25) is 4.79 Å².